The third-order valence-corrected chi connectivity index (χ3v) is 2.35. The molecule has 0 fully saturated rings. The normalized spacial score (nSPS) is 11.7. The fourth-order valence-electron chi connectivity index (χ4n) is 1.52. The number of halogens is 6. The monoisotopic (exact) mass is 326 g/mol. The second-order valence-corrected chi connectivity index (χ2v) is 3.78. The van der Waals surface area contributed by atoms with Gasteiger partial charge >= 0.3 is 24.2 Å². The Labute approximate surface area is 117 Å². The lowest BCUT2D eigenvalue weighted by Crippen LogP contribution is -2.26. The molecule has 0 aliphatic heterocycles. The number of rotatable bonds is 1. The van der Waals surface area contributed by atoms with Gasteiger partial charge in [-0.15, -0.1) is 0 Å². The number of carbonyl (C=O) groups excluding carboxylic acids is 1. The number of carbonyl (C=O) groups is 2. The third kappa shape index (κ3) is 3.46. The zero-order chi connectivity index (χ0) is 17.3. The topological polar surface area (TPSA) is 90.2 Å². The number of nitrogens with one attached hydrogen (secondary N) is 1. The molecule has 0 aliphatic rings. The van der Waals surface area contributed by atoms with Crippen molar-refractivity contribution in [3.05, 3.63) is 28.8 Å². The van der Waals surface area contributed by atoms with Crippen molar-refractivity contribution >= 4 is 17.6 Å². The molecule has 0 bridgehead atoms. The van der Waals surface area contributed by atoms with Crippen LogP contribution in [0.25, 0.3) is 0 Å². The van der Waals surface area contributed by atoms with Crippen molar-refractivity contribution in [2.75, 3.05) is 5.32 Å². The van der Waals surface area contributed by atoms with E-state index in [-0.39, 0.29) is 6.07 Å². The number of carboxylic acid groups (broad SMARTS) is 1. The summed E-state index contributed by atoms with van der Waals surface area (Å²) >= 11 is 0. The second kappa shape index (κ2) is 5.55. The van der Waals surface area contributed by atoms with Gasteiger partial charge in [-0.25, -0.2) is 4.79 Å². The molecule has 1 aromatic rings. The summed E-state index contributed by atoms with van der Waals surface area (Å²) in [5.74, 6) is -4.24. The Kier molecular flexibility index (Phi) is 4.36. The van der Waals surface area contributed by atoms with Gasteiger partial charge in [-0.2, -0.15) is 31.6 Å². The van der Waals surface area contributed by atoms with Crippen molar-refractivity contribution in [1.29, 1.82) is 5.26 Å². The fraction of sp³-hybridized carbons (Fsp3) is 0.182. The van der Waals surface area contributed by atoms with Crippen molar-refractivity contribution in [3.63, 3.8) is 0 Å². The lowest BCUT2D eigenvalue weighted by Gasteiger charge is -2.20. The molecule has 0 heterocycles. The molecule has 1 aromatic carbocycles. The van der Waals surface area contributed by atoms with Crippen LogP contribution < -0.4 is 5.32 Å². The van der Waals surface area contributed by atoms with Gasteiger partial charge in [-0.1, -0.05) is 0 Å². The summed E-state index contributed by atoms with van der Waals surface area (Å²) < 4.78 is 76.7. The Morgan fingerprint density at radius 1 is 1.09 bits per heavy atom. The predicted octanol–water partition coefficient (Wildman–Crippen LogP) is 2.62. The van der Waals surface area contributed by atoms with Gasteiger partial charge in [-0.3, -0.25) is 4.79 Å². The summed E-state index contributed by atoms with van der Waals surface area (Å²) in [7, 11) is 0. The number of anilines is 1. The first-order valence-corrected chi connectivity index (χ1v) is 5.15. The van der Waals surface area contributed by atoms with E-state index in [2.05, 4.69) is 0 Å². The van der Waals surface area contributed by atoms with Crippen LogP contribution in [0.4, 0.5) is 32.0 Å². The van der Waals surface area contributed by atoms with E-state index in [9.17, 15) is 35.9 Å². The molecule has 0 atom stereocenters. The van der Waals surface area contributed by atoms with Gasteiger partial charge in [0.15, 0.2) is 0 Å². The zero-order valence-electron chi connectivity index (χ0n) is 10.1. The van der Waals surface area contributed by atoms with Gasteiger partial charge in [0.2, 0.25) is 0 Å². The number of carboxylic acids is 1. The predicted molar refractivity (Wildman–Crippen MR) is 57.4 cm³/mol. The molecule has 22 heavy (non-hydrogen) atoms. The van der Waals surface area contributed by atoms with Gasteiger partial charge in [0.1, 0.15) is 6.07 Å². The van der Waals surface area contributed by atoms with Crippen LogP contribution in [0.5, 0.6) is 0 Å². The zero-order valence-corrected chi connectivity index (χ0v) is 10.1. The maximum Gasteiger partial charge on any atom is 0.419 e. The Hall–Kier alpha value is -2.77. The van der Waals surface area contributed by atoms with Gasteiger partial charge in [0.25, 0.3) is 0 Å². The van der Waals surface area contributed by atoms with Crippen LogP contribution in [0, 0.1) is 11.3 Å². The molecular formula is C11H4F6N2O3. The molecular weight excluding hydrogens is 322 g/mol. The van der Waals surface area contributed by atoms with Gasteiger partial charge in [-0.05, 0) is 12.1 Å². The van der Waals surface area contributed by atoms with E-state index in [0.29, 0.717) is 6.07 Å². The molecule has 1 amide bonds. The van der Waals surface area contributed by atoms with Crippen LogP contribution >= 0.6 is 0 Å². The standard InChI is InChI=1S/C11H4F6N2O3/c12-10(13,14)5-2-1-4(3-18)7(6(5)11(15,16)17)19-8(20)9(21)22/h1-2H,(H,19,20)(H,21,22). The first-order valence-electron chi connectivity index (χ1n) is 5.15. The number of benzene rings is 1. The lowest BCUT2D eigenvalue weighted by atomic mass is 10.00. The largest absolute Gasteiger partial charge is 0.474 e. The molecule has 0 saturated heterocycles. The van der Waals surface area contributed by atoms with Crippen LogP contribution in [0.3, 0.4) is 0 Å². The highest BCUT2D eigenvalue weighted by atomic mass is 19.4. The number of amides is 1. The first kappa shape index (κ1) is 17.3. The highest BCUT2D eigenvalue weighted by molar-refractivity contribution is 6.36. The highest BCUT2D eigenvalue weighted by Gasteiger charge is 2.46. The van der Waals surface area contributed by atoms with Crippen LogP contribution in [-0.2, 0) is 21.9 Å². The summed E-state index contributed by atoms with van der Waals surface area (Å²) in [5, 5.41) is 18.2. The van der Waals surface area contributed by atoms with Gasteiger partial charge in [0, 0.05) is 0 Å². The van der Waals surface area contributed by atoms with Crippen molar-refractivity contribution in [2.24, 2.45) is 0 Å². The molecule has 0 saturated carbocycles. The molecule has 0 aromatic heterocycles. The summed E-state index contributed by atoms with van der Waals surface area (Å²) in [5.41, 5.74) is -7.01. The number of hydrogen-bond acceptors (Lipinski definition) is 3. The van der Waals surface area contributed by atoms with E-state index in [1.807, 2.05) is 0 Å². The summed E-state index contributed by atoms with van der Waals surface area (Å²) in [4.78, 5) is 21.3. The van der Waals surface area contributed by atoms with Gasteiger partial charge < -0.3 is 10.4 Å². The van der Waals surface area contributed by atoms with E-state index in [1.54, 1.807) is 0 Å². The average molecular weight is 326 g/mol. The maximum absolute atomic E-state index is 12.9. The molecule has 1 rings (SSSR count). The molecule has 118 valence electrons. The van der Waals surface area contributed by atoms with E-state index < -0.39 is 46.6 Å². The number of nitriles is 1. The SMILES string of the molecule is N#Cc1ccc(C(F)(F)F)c(C(F)(F)F)c1NC(=O)C(=O)O. The Morgan fingerprint density at radius 3 is 2.00 bits per heavy atom. The Bertz CT molecular complexity index is 672. The first-order chi connectivity index (χ1) is 9.89. The molecule has 0 radical (unpaired) electrons. The molecule has 2 N–H and O–H groups in total. The second-order valence-electron chi connectivity index (χ2n) is 3.78. The number of alkyl halides is 6. The van der Waals surface area contributed by atoms with Crippen LogP contribution in [0.15, 0.2) is 12.1 Å². The number of hydrogen-bond donors (Lipinski definition) is 2. The van der Waals surface area contributed by atoms with Crippen LogP contribution in [-0.4, -0.2) is 17.0 Å². The molecule has 5 nitrogen and oxygen atoms in total. The summed E-state index contributed by atoms with van der Waals surface area (Å²) in [6.45, 7) is 0. The van der Waals surface area contributed by atoms with Crippen molar-refractivity contribution in [1.82, 2.24) is 0 Å². The molecule has 0 aliphatic carbocycles. The molecule has 0 spiro atoms. The number of aliphatic carboxylic acids is 1. The summed E-state index contributed by atoms with van der Waals surface area (Å²) in [6.07, 6.45) is -11.0. The minimum absolute atomic E-state index is 0.0256. The van der Waals surface area contributed by atoms with Crippen molar-refractivity contribution in [3.8, 4) is 6.07 Å². The average Bonchev–Trinajstić information content (AvgIpc) is 2.35. The van der Waals surface area contributed by atoms with E-state index in [1.165, 1.54) is 5.32 Å². The number of nitrogens with zero attached hydrogens (tertiary/aromatic N) is 1. The van der Waals surface area contributed by atoms with Crippen molar-refractivity contribution < 1.29 is 41.0 Å². The molecule has 11 heteroatoms. The minimum Gasteiger partial charge on any atom is -0.474 e. The highest BCUT2D eigenvalue weighted by Crippen LogP contribution is 2.45. The smallest absolute Gasteiger partial charge is 0.419 e. The quantitative estimate of drug-likeness (QED) is 0.613. The third-order valence-electron chi connectivity index (χ3n) is 2.35. The fourth-order valence-corrected chi connectivity index (χ4v) is 1.52. The van der Waals surface area contributed by atoms with Crippen molar-refractivity contribution in [2.45, 2.75) is 12.4 Å². The molecule has 0 unspecified atom stereocenters. The Balaban J connectivity index is 3.74. The van der Waals surface area contributed by atoms with E-state index in [0.717, 1.165) is 6.07 Å². The van der Waals surface area contributed by atoms with Crippen LogP contribution in [0.2, 0.25) is 0 Å². The van der Waals surface area contributed by atoms with Crippen LogP contribution in [0.1, 0.15) is 16.7 Å². The Morgan fingerprint density at radius 2 is 1.64 bits per heavy atom. The van der Waals surface area contributed by atoms with E-state index >= 15 is 0 Å². The lowest BCUT2D eigenvalue weighted by molar-refractivity contribution is -0.161. The van der Waals surface area contributed by atoms with E-state index in [4.69, 9.17) is 10.4 Å². The maximum atomic E-state index is 12.9. The summed E-state index contributed by atoms with van der Waals surface area (Å²) in [6, 6.07) is 1.58. The minimum atomic E-state index is -5.58. The van der Waals surface area contributed by atoms with Gasteiger partial charge in [0.05, 0.1) is 22.4 Å².